The highest BCUT2D eigenvalue weighted by Gasteiger charge is 2.45. The molecule has 0 aliphatic heterocycles. The lowest BCUT2D eigenvalue weighted by atomic mass is 10.0. The monoisotopic (exact) mass is 475 g/mol. The summed E-state index contributed by atoms with van der Waals surface area (Å²) in [5, 5.41) is 15.3. The van der Waals surface area contributed by atoms with Gasteiger partial charge in [0.1, 0.15) is 18.7 Å². The van der Waals surface area contributed by atoms with E-state index in [0.29, 0.717) is 11.3 Å². The fourth-order valence-electron chi connectivity index (χ4n) is 2.38. The summed E-state index contributed by atoms with van der Waals surface area (Å²) in [6.45, 7) is 1.80. The van der Waals surface area contributed by atoms with Gasteiger partial charge in [0, 0.05) is 0 Å². The molecule has 0 saturated carbocycles. The topological polar surface area (TPSA) is 134 Å². The molecule has 1 aromatic carbocycles. The van der Waals surface area contributed by atoms with Gasteiger partial charge in [0.05, 0.1) is 0 Å². The van der Waals surface area contributed by atoms with Crippen LogP contribution in [0.2, 0.25) is 0 Å². The summed E-state index contributed by atoms with van der Waals surface area (Å²) in [7, 11) is 0. The lowest BCUT2D eigenvalue weighted by Gasteiger charge is -2.29. The zero-order valence-electron chi connectivity index (χ0n) is 17.9. The summed E-state index contributed by atoms with van der Waals surface area (Å²) in [6, 6.07) is 5.96. The van der Waals surface area contributed by atoms with E-state index in [2.05, 4.69) is 10.6 Å². The van der Waals surface area contributed by atoms with E-state index in [1.54, 1.807) is 36.6 Å². The number of benzene rings is 1. The van der Waals surface area contributed by atoms with Crippen molar-refractivity contribution in [1.29, 1.82) is 0 Å². The van der Waals surface area contributed by atoms with Gasteiger partial charge >= 0.3 is 12.1 Å². The minimum Gasteiger partial charge on any atom is -0.480 e. The lowest BCUT2D eigenvalue weighted by Crippen LogP contribution is -2.64. The molecule has 1 aromatic rings. The number of alkyl halides is 2. The second-order valence-corrected chi connectivity index (χ2v) is 8.05. The molecule has 32 heavy (non-hydrogen) atoms. The van der Waals surface area contributed by atoms with Crippen LogP contribution in [-0.4, -0.2) is 65.0 Å². The summed E-state index contributed by atoms with van der Waals surface area (Å²) < 4.78 is 32.2. The zero-order chi connectivity index (χ0) is 24.3. The van der Waals surface area contributed by atoms with Crippen LogP contribution in [0.3, 0.4) is 0 Å². The third-order valence-electron chi connectivity index (χ3n) is 4.45. The summed E-state index contributed by atoms with van der Waals surface area (Å²) in [4.78, 5) is 47.9. The van der Waals surface area contributed by atoms with Gasteiger partial charge in [-0.05, 0) is 37.8 Å². The third-order valence-corrected chi connectivity index (χ3v) is 5.09. The van der Waals surface area contributed by atoms with Crippen molar-refractivity contribution in [3.05, 3.63) is 35.9 Å². The standard InChI is InChI=1S/C20H27F2N3O6S/c1-12(15(26)24-14(16(27)28)9-10-32-3)23-18(29)20(2,17(21)22)25-19(30)31-11-13-7-5-4-6-8-13/h4-8,12,14,17H,9-11H2,1-3H3,(H,23,29)(H,24,26)(H,25,30)(H,27,28)/t12-,14-,20?/m0/s1. The number of hydrogen-bond acceptors (Lipinski definition) is 6. The van der Waals surface area contributed by atoms with E-state index < -0.39 is 47.9 Å². The first-order valence-corrected chi connectivity index (χ1v) is 11.0. The molecular formula is C20H27F2N3O6S. The number of carbonyl (C=O) groups excluding carboxylic acids is 3. The highest BCUT2D eigenvalue weighted by Crippen LogP contribution is 2.17. The molecule has 178 valence electrons. The van der Waals surface area contributed by atoms with Crippen molar-refractivity contribution in [2.45, 2.75) is 50.9 Å². The van der Waals surface area contributed by atoms with E-state index in [9.17, 15) is 33.1 Å². The molecule has 1 unspecified atom stereocenters. The molecule has 9 nitrogen and oxygen atoms in total. The summed E-state index contributed by atoms with van der Waals surface area (Å²) in [6.07, 6.45) is -2.65. The molecule has 0 radical (unpaired) electrons. The normalized spacial score (nSPS) is 14.6. The number of carboxylic acids is 1. The molecule has 3 amide bonds. The summed E-state index contributed by atoms with van der Waals surface area (Å²) in [5.41, 5.74) is -2.07. The van der Waals surface area contributed by atoms with E-state index in [4.69, 9.17) is 4.74 Å². The fraction of sp³-hybridized carbons (Fsp3) is 0.500. The Kier molecular flexibility index (Phi) is 10.9. The number of thioether (sulfide) groups is 1. The first kappa shape index (κ1) is 27.1. The van der Waals surface area contributed by atoms with E-state index >= 15 is 0 Å². The van der Waals surface area contributed by atoms with Gasteiger partial charge in [-0.25, -0.2) is 18.4 Å². The lowest BCUT2D eigenvalue weighted by molar-refractivity contribution is -0.142. The maximum absolute atomic E-state index is 13.7. The maximum atomic E-state index is 13.7. The average molecular weight is 476 g/mol. The van der Waals surface area contributed by atoms with Gasteiger partial charge in [-0.1, -0.05) is 30.3 Å². The highest BCUT2D eigenvalue weighted by molar-refractivity contribution is 7.98. The second kappa shape index (κ2) is 12.8. The van der Waals surface area contributed by atoms with Gasteiger partial charge in [-0.2, -0.15) is 11.8 Å². The largest absolute Gasteiger partial charge is 0.480 e. The molecule has 0 aliphatic carbocycles. The Morgan fingerprint density at radius 3 is 2.31 bits per heavy atom. The minimum atomic E-state index is -3.32. The Labute approximate surface area is 188 Å². The van der Waals surface area contributed by atoms with Crippen molar-refractivity contribution in [2.75, 3.05) is 12.0 Å². The Morgan fingerprint density at radius 1 is 1.16 bits per heavy atom. The van der Waals surface area contributed by atoms with Gasteiger partial charge in [0.25, 0.3) is 12.3 Å². The molecular weight excluding hydrogens is 448 g/mol. The third kappa shape index (κ3) is 8.33. The van der Waals surface area contributed by atoms with Crippen molar-refractivity contribution < 1.29 is 37.8 Å². The number of rotatable bonds is 12. The number of aliphatic carboxylic acids is 1. The van der Waals surface area contributed by atoms with Crippen molar-refractivity contribution in [2.24, 2.45) is 0 Å². The molecule has 4 N–H and O–H groups in total. The Morgan fingerprint density at radius 2 is 1.78 bits per heavy atom. The molecule has 12 heteroatoms. The first-order chi connectivity index (χ1) is 15.0. The SMILES string of the molecule is CSCC[C@H](NC(=O)[C@H](C)NC(=O)C(C)(NC(=O)OCc1ccccc1)C(F)F)C(=O)O. The van der Waals surface area contributed by atoms with Gasteiger partial charge < -0.3 is 25.8 Å². The summed E-state index contributed by atoms with van der Waals surface area (Å²) in [5.74, 6) is -2.99. The number of nitrogens with one attached hydrogen (secondary N) is 3. The molecule has 0 spiro atoms. The number of amides is 3. The van der Waals surface area contributed by atoms with Crippen LogP contribution < -0.4 is 16.0 Å². The number of carboxylic acid groups (broad SMARTS) is 1. The van der Waals surface area contributed by atoms with Crippen LogP contribution in [0.5, 0.6) is 0 Å². The van der Waals surface area contributed by atoms with Crippen molar-refractivity contribution in [3.63, 3.8) is 0 Å². The Hall–Kier alpha value is -2.89. The average Bonchev–Trinajstić information content (AvgIpc) is 2.75. The van der Waals surface area contributed by atoms with Crippen molar-refractivity contribution >= 4 is 35.6 Å². The molecule has 0 heterocycles. The molecule has 3 atom stereocenters. The Balaban J connectivity index is 2.73. The van der Waals surface area contributed by atoms with Crippen LogP contribution in [0.1, 0.15) is 25.8 Å². The molecule has 0 fully saturated rings. The number of halogens is 2. The first-order valence-electron chi connectivity index (χ1n) is 9.61. The predicted molar refractivity (Wildman–Crippen MR) is 114 cm³/mol. The minimum absolute atomic E-state index is 0.145. The van der Waals surface area contributed by atoms with Gasteiger partial charge in [-0.3, -0.25) is 9.59 Å². The van der Waals surface area contributed by atoms with Crippen LogP contribution >= 0.6 is 11.8 Å². The number of alkyl carbamates (subject to hydrolysis) is 1. The molecule has 0 bridgehead atoms. The van der Waals surface area contributed by atoms with Gasteiger partial charge in [-0.15, -0.1) is 0 Å². The van der Waals surface area contributed by atoms with Crippen LogP contribution in [0, 0.1) is 0 Å². The number of carbonyl (C=O) groups is 4. The van der Waals surface area contributed by atoms with Gasteiger partial charge in [0.15, 0.2) is 5.54 Å². The van der Waals surface area contributed by atoms with E-state index in [0.717, 1.165) is 6.92 Å². The molecule has 0 saturated heterocycles. The number of hydrogen-bond donors (Lipinski definition) is 4. The maximum Gasteiger partial charge on any atom is 0.408 e. The highest BCUT2D eigenvalue weighted by atomic mass is 32.2. The smallest absolute Gasteiger partial charge is 0.408 e. The van der Waals surface area contributed by atoms with Crippen molar-refractivity contribution in [1.82, 2.24) is 16.0 Å². The zero-order valence-corrected chi connectivity index (χ0v) is 18.7. The van der Waals surface area contributed by atoms with Gasteiger partial charge in [0.2, 0.25) is 5.91 Å². The van der Waals surface area contributed by atoms with E-state index in [-0.39, 0.29) is 13.0 Å². The van der Waals surface area contributed by atoms with Crippen molar-refractivity contribution in [3.8, 4) is 0 Å². The van der Waals surface area contributed by atoms with Crippen LogP contribution in [0.15, 0.2) is 30.3 Å². The molecule has 0 aromatic heterocycles. The second-order valence-electron chi connectivity index (χ2n) is 7.07. The fourth-order valence-corrected chi connectivity index (χ4v) is 2.85. The van der Waals surface area contributed by atoms with E-state index in [1.165, 1.54) is 18.7 Å². The Bertz CT molecular complexity index is 799. The number of ether oxygens (including phenoxy) is 1. The van der Waals surface area contributed by atoms with Crippen LogP contribution in [0.4, 0.5) is 13.6 Å². The quantitative estimate of drug-likeness (QED) is 0.362. The van der Waals surface area contributed by atoms with Crippen LogP contribution in [0.25, 0.3) is 0 Å². The summed E-state index contributed by atoms with van der Waals surface area (Å²) >= 11 is 1.39. The molecule has 1 rings (SSSR count). The van der Waals surface area contributed by atoms with E-state index in [1.807, 2.05) is 5.32 Å². The molecule has 0 aliphatic rings. The van der Waals surface area contributed by atoms with Crippen LogP contribution in [-0.2, 0) is 25.7 Å². The predicted octanol–water partition coefficient (Wildman–Crippen LogP) is 1.76.